The molecular formula is C11H12Cl2N2S. The topological polar surface area (TPSA) is 24.1 Å². The molecule has 1 unspecified atom stereocenters. The monoisotopic (exact) mass is 274 g/mol. The van der Waals surface area contributed by atoms with Crippen molar-refractivity contribution in [3.05, 3.63) is 33.8 Å². The van der Waals surface area contributed by atoms with Crippen LogP contribution in [0.1, 0.15) is 25.6 Å². The Morgan fingerprint density at radius 1 is 1.31 bits per heavy atom. The van der Waals surface area contributed by atoms with Gasteiger partial charge in [-0.15, -0.1) is 0 Å². The SMILES string of the molecule is CC1(C)NC(c2ccc(Cl)cc2Cl)NC1=S. The molecule has 1 heterocycles. The van der Waals surface area contributed by atoms with Crippen LogP contribution in [0.5, 0.6) is 0 Å². The van der Waals surface area contributed by atoms with Crippen LogP contribution in [-0.2, 0) is 0 Å². The fraction of sp³-hybridized carbons (Fsp3) is 0.364. The van der Waals surface area contributed by atoms with E-state index in [1.165, 1.54) is 0 Å². The molecule has 2 N–H and O–H groups in total. The lowest BCUT2D eigenvalue weighted by molar-refractivity contribution is 0.474. The van der Waals surface area contributed by atoms with Gasteiger partial charge in [-0.25, -0.2) is 0 Å². The van der Waals surface area contributed by atoms with Crippen molar-refractivity contribution < 1.29 is 0 Å². The summed E-state index contributed by atoms with van der Waals surface area (Å²) in [4.78, 5) is 0.795. The first-order valence-electron chi connectivity index (χ1n) is 4.94. The minimum atomic E-state index is -0.205. The molecule has 0 amide bonds. The van der Waals surface area contributed by atoms with Crippen LogP contribution in [-0.4, -0.2) is 10.5 Å². The molecular weight excluding hydrogens is 263 g/mol. The molecule has 0 saturated carbocycles. The summed E-state index contributed by atoms with van der Waals surface area (Å²) < 4.78 is 0. The van der Waals surface area contributed by atoms with Crippen molar-refractivity contribution in [2.75, 3.05) is 0 Å². The second kappa shape index (κ2) is 4.15. The number of halogens is 2. The maximum Gasteiger partial charge on any atom is 0.106 e. The minimum Gasteiger partial charge on any atom is -0.359 e. The normalized spacial score (nSPS) is 23.2. The highest BCUT2D eigenvalue weighted by atomic mass is 35.5. The molecule has 1 saturated heterocycles. The Morgan fingerprint density at radius 3 is 2.50 bits per heavy atom. The van der Waals surface area contributed by atoms with Crippen molar-refractivity contribution in [1.29, 1.82) is 0 Å². The fourth-order valence-corrected chi connectivity index (χ4v) is 2.36. The van der Waals surface area contributed by atoms with Crippen LogP contribution in [0, 0.1) is 0 Å². The number of hydrogen-bond donors (Lipinski definition) is 2. The second-order valence-electron chi connectivity index (χ2n) is 4.34. The van der Waals surface area contributed by atoms with Gasteiger partial charge < -0.3 is 5.32 Å². The maximum atomic E-state index is 6.14. The molecule has 1 aliphatic heterocycles. The largest absolute Gasteiger partial charge is 0.359 e. The van der Waals surface area contributed by atoms with Gasteiger partial charge in [0, 0.05) is 15.6 Å². The van der Waals surface area contributed by atoms with Crippen molar-refractivity contribution >= 4 is 40.4 Å². The summed E-state index contributed by atoms with van der Waals surface area (Å²) in [5.74, 6) is 0. The van der Waals surface area contributed by atoms with E-state index in [2.05, 4.69) is 10.6 Å². The van der Waals surface area contributed by atoms with Gasteiger partial charge in [-0.2, -0.15) is 0 Å². The lowest BCUT2D eigenvalue weighted by Gasteiger charge is -2.18. The van der Waals surface area contributed by atoms with Crippen LogP contribution in [0.25, 0.3) is 0 Å². The Balaban J connectivity index is 2.30. The van der Waals surface area contributed by atoms with Crippen molar-refractivity contribution in [2.24, 2.45) is 0 Å². The van der Waals surface area contributed by atoms with E-state index in [1.54, 1.807) is 6.07 Å². The third-order valence-electron chi connectivity index (χ3n) is 2.62. The Kier molecular flexibility index (Phi) is 3.14. The van der Waals surface area contributed by atoms with Gasteiger partial charge in [-0.1, -0.05) is 41.5 Å². The molecule has 0 spiro atoms. The molecule has 1 aromatic carbocycles. The molecule has 2 nitrogen and oxygen atoms in total. The lowest BCUT2D eigenvalue weighted by atomic mass is 10.1. The van der Waals surface area contributed by atoms with Gasteiger partial charge in [0.2, 0.25) is 0 Å². The summed E-state index contributed by atoms with van der Waals surface area (Å²) >= 11 is 17.3. The third-order valence-corrected chi connectivity index (χ3v) is 3.81. The highest BCUT2D eigenvalue weighted by molar-refractivity contribution is 7.80. The van der Waals surface area contributed by atoms with Crippen molar-refractivity contribution in [3.63, 3.8) is 0 Å². The number of nitrogens with one attached hydrogen (secondary N) is 2. The zero-order valence-electron chi connectivity index (χ0n) is 8.97. The predicted molar refractivity (Wildman–Crippen MR) is 72.2 cm³/mol. The van der Waals surface area contributed by atoms with Gasteiger partial charge in [0.1, 0.15) is 6.17 Å². The maximum absolute atomic E-state index is 6.14. The van der Waals surface area contributed by atoms with Gasteiger partial charge in [-0.3, -0.25) is 5.32 Å². The van der Waals surface area contributed by atoms with E-state index in [0.29, 0.717) is 10.0 Å². The van der Waals surface area contributed by atoms with E-state index in [1.807, 2.05) is 26.0 Å². The Bertz CT molecular complexity index is 446. The average molecular weight is 275 g/mol. The summed E-state index contributed by atoms with van der Waals surface area (Å²) in [6.45, 7) is 4.07. The Labute approximate surface area is 110 Å². The van der Waals surface area contributed by atoms with E-state index < -0.39 is 0 Å². The van der Waals surface area contributed by atoms with Gasteiger partial charge in [0.05, 0.1) is 10.5 Å². The summed E-state index contributed by atoms with van der Waals surface area (Å²) in [7, 11) is 0. The highest BCUT2D eigenvalue weighted by Gasteiger charge is 2.36. The van der Waals surface area contributed by atoms with Crippen LogP contribution < -0.4 is 10.6 Å². The van der Waals surface area contributed by atoms with Gasteiger partial charge in [-0.05, 0) is 26.0 Å². The van der Waals surface area contributed by atoms with E-state index >= 15 is 0 Å². The first-order valence-corrected chi connectivity index (χ1v) is 6.10. The van der Waals surface area contributed by atoms with Gasteiger partial charge in [0.25, 0.3) is 0 Å². The Hall–Kier alpha value is -0.350. The molecule has 0 radical (unpaired) electrons. The zero-order chi connectivity index (χ0) is 11.9. The van der Waals surface area contributed by atoms with Crippen LogP contribution in [0.3, 0.4) is 0 Å². The van der Waals surface area contributed by atoms with Crippen LogP contribution in [0.15, 0.2) is 18.2 Å². The lowest BCUT2D eigenvalue weighted by Crippen LogP contribution is -2.38. The van der Waals surface area contributed by atoms with Gasteiger partial charge in [0.15, 0.2) is 0 Å². The average Bonchev–Trinajstić information content (AvgIpc) is 2.40. The van der Waals surface area contributed by atoms with Crippen LogP contribution >= 0.6 is 35.4 Å². The van der Waals surface area contributed by atoms with Gasteiger partial charge >= 0.3 is 0 Å². The molecule has 0 bridgehead atoms. The predicted octanol–water partition coefficient (Wildman–Crippen LogP) is 3.29. The first-order chi connectivity index (χ1) is 7.40. The second-order valence-corrected chi connectivity index (χ2v) is 5.59. The molecule has 1 atom stereocenters. The Morgan fingerprint density at radius 2 is 2.00 bits per heavy atom. The van der Waals surface area contributed by atoms with E-state index in [-0.39, 0.29) is 11.7 Å². The van der Waals surface area contributed by atoms with E-state index in [9.17, 15) is 0 Å². The molecule has 16 heavy (non-hydrogen) atoms. The number of benzene rings is 1. The molecule has 5 heteroatoms. The molecule has 1 aromatic rings. The highest BCUT2D eigenvalue weighted by Crippen LogP contribution is 2.29. The number of rotatable bonds is 1. The molecule has 86 valence electrons. The van der Waals surface area contributed by atoms with Crippen LogP contribution in [0.2, 0.25) is 10.0 Å². The summed E-state index contributed by atoms with van der Waals surface area (Å²) in [5.41, 5.74) is 0.752. The molecule has 1 fully saturated rings. The van der Waals surface area contributed by atoms with Crippen LogP contribution in [0.4, 0.5) is 0 Å². The molecule has 0 aromatic heterocycles. The van der Waals surface area contributed by atoms with Crippen molar-refractivity contribution in [3.8, 4) is 0 Å². The minimum absolute atomic E-state index is 0.0488. The third kappa shape index (κ3) is 2.18. The first kappa shape index (κ1) is 12.1. The molecule has 0 aliphatic carbocycles. The van der Waals surface area contributed by atoms with E-state index in [0.717, 1.165) is 10.6 Å². The fourth-order valence-electron chi connectivity index (χ4n) is 1.67. The smallest absolute Gasteiger partial charge is 0.106 e. The molecule has 1 aliphatic rings. The summed E-state index contributed by atoms with van der Waals surface area (Å²) in [6.07, 6.45) is -0.0488. The number of hydrogen-bond acceptors (Lipinski definition) is 2. The quantitative estimate of drug-likeness (QED) is 0.769. The summed E-state index contributed by atoms with van der Waals surface area (Å²) in [5, 5.41) is 7.86. The van der Waals surface area contributed by atoms with Crippen molar-refractivity contribution in [2.45, 2.75) is 25.6 Å². The molecule has 2 rings (SSSR count). The zero-order valence-corrected chi connectivity index (χ0v) is 11.3. The standard InChI is InChI=1S/C11H12Cl2N2S/c1-11(2)10(16)14-9(15-11)7-4-3-6(12)5-8(7)13/h3-5,9,15H,1-2H3,(H,14,16). The number of thiocarbonyl (C=S) groups is 1. The van der Waals surface area contributed by atoms with Crippen molar-refractivity contribution in [1.82, 2.24) is 10.6 Å². The summed E-state index contributed by atoms with van der Waals surface area (Å²) in [6, 6.07) is 5.45. The van der Waals surface area contributed by atoms with E-state index in [4.69, 9.17) is 35.4 Å².